The molecular weight excluding hydrogens is 428 g/mol. The van der Waals surface area contributed by atoms with Gasteiger partial charge in [-0.15, -0.1) is 11.8 Å². The number of nitrogens with zero attached hydrogens (tertiary/aromatic N) is 1. The smallest absolute Gasteiger partial charge is 0.327 e. The third kappa shape index (κ3) is 4.87. The van der Waals surface area contributed by atoms with Crippen molar-refractivity contribution in [3.05, 3.63) is 70.3 Å². The molecule has 0 aliphatic carbocycles. The first kappa shape index (κ1) is 19.4. The van der Waals surface area contributed by atoms with Crippen LogP contribution in [0.3, 0.4) is 0 Å². The van der Waals surface area contributed by atoms with Crippen LogP contribution >= 0.6 is 27.7 Å². The molecule has 27 heavy (non-hydrogen) atoms. The Morgan fingerprint density at radius 1 is 1.19 bits per heavy atom. The highest BCUT2D eigenvalue weighted by Gasteiger charge is 2.21. The van der Waals surface area contributed by atoms with Gasteiger partial charge in [-0.1, -0.05) is 34.1 Å². The van der Waals surface area contributed by atoms with Gasteiger partial charge in [0.1, 0.15) is 6.04 Å². The van der Waals surface area contributed by atoms with Crippen molar-refractivity contribution in [1.29, 1.82) is 0 Å². The third-order valence-corrected chi connectivity index (χ3v) is 5.55. The number of hydrogen-bond donors (Lipinski definition) is 2. The van der Waals surface area contributed by atoms with Crippen LogP contribution in [-0.2, 0) is 4.79 Å². The van der Waals surface area contributed by atoms with Crippen LogP contribution in [0.25, 0.3) is 10.9 Å². The van der Waals surface area contributed by atoms with Gasteiger partial charge in [-0.05, 0) is 43.3 Å². The van der Waals surface area contributed by atoms with Crippen molar-refractivity contribution in [3.8, 4) is 0 Å². The average molecular weight is 445 g/mol. The van der Waals surface area contributed by atoms with Gasteiger partial charge in [-0.3, -0.25) is 9.78 Å². The lowest BCUT2D eigenvalue weighted by Crippen LogP contribution is -2.42. The number of fused-ring (bicyclic) bond motifs is 1. The van der Waals surface area contributed by atoms with Gasteiger partial charge >= 0.3 is 5.97 Å². The Morgan fingerprint density at radius 2 is 1.93 bits per heavy atom. The average Bonchev–Trinajstić information content (AvgIpc) is 2.65. The summed E-state index contributed by atoms with van der Waals surface area (Å²) in [6.45, 7) is 1.90. The second kappa shape index (κ2) is 8.54. The summed E-state index contributed by atoms with van der Waals surface area (Å²) >= 11 is 4.85. The minimum absolute atomic E-state index is 0.207. The molecule has 0 unspecified atom stereocenters. The number of aromatic nitrogens is 1. The van der Waals surface area contributed by atoms with E-state index in [1.807, 2.05) is 31.2 Å². The van der Waals surface area contributed by atoms with Crippen molar-refractivity contribution in [1.82, 2.24) is 10.3 Å². The molecule has 138 valence electrons. The third-order valence-electron chi connectivity index (χ3n) is 3.91. The SMILES string of the molecule is Cc1cc(SC[C@@H](NC(=O)c2ccccc2)C(=O)O)c2cc(Br)ccc2n1. The number of hydrogen-bond acceptors (Lipinski definition) is 4. The van der Waals surface area contributed by atoms with Gasteiger partial charge in [0, 0.05) is 31.8 Å². The lowest BCUT2D eigenvalue weighted by molar-refractivity contribution is -0.138. The van der Waals surface area contributed by atoms with Crippen LogP contribution in [0.5, 0.6) is 0 Å². The van der Waals surface area contributed by atoms with E-state index in [1.165, 1.54) is 11.8 Å². The predicted octanol–water partition coefficient (Wildman–Crippen LogP) is 4.28. The number of thioether (sulfide) groups is 1. The van der Waals surface area contributed by atoms with E-state index in [4.69, 9.17) is 0 Å². The molecule has 3 aromatic rings. The molecule has 0 aliphatic rings. The zero-order valence-corrected chi connectivity index (χ0v) is 16.9. The molecule has 0 saturated carbocycles. The summed E-state index contributed by atoms with van der Waals surface area (Å²) in [5.41, 5.74) is 2.14. The zero-order chi connectivity index (χ0) is 19.4. The number of carbonyl (C=O) groups is 2. The number of aryl methyl sites for hydroxylation is 1. The first-order chi connectivity index (χ1) is 12.9. The van der Waals surface area contributed by atoms with Gasteiger partial charge in [-0.25, -0.2) is 4.79 Å². The van der Waals surface area contributed by atoms with Crippen molar-refractivity contribution in [2.24, 2.45) is 0 Å². The summed E-state index contributed by atoms with van der Waals surface area (Å²) in [5, 5.41) is 13.0. The molecule has 0 aliphatic heterocycles. The largest absolute Gasteiger partial charge is 0.480 e. The fourth-order valence-electron chi connectivity index (χ4n) is 2.59. The number of amides is 1. The molecule has 5 nitrogen and oxygen atoms in total. The van der Waals surface area contributed by atoms with E-state index in [0.717, 1.165) is 26.0 Å². The Bertz CT molecular complexity index is 995. The molecule has 7 heteroatoms. The molecule has 1 amide bonds. The van der Waals surface area contributed by atoms with E-state index in [-0.39, 0.29) is 5.75 Å². The maximum Gasteiger partial charge on any atom is 0.327 e. The zero-order valence-electron chi connectivity index (χ0n) is 14.5. The summed E-state index contributed by atoms with van der Waals surface area (Å²) in [4.78, 5) is 29.3. The first-order valence-corrected chi connectivity index (χ1v) is 10.0. The van der Waals surface area contributed by atoms with Gasteiger partial charge in [0.2, 0.25) is 0 Å². The van der Waals surface area contributed by atoms with E-state index >= 15 is 0 Å². The van der Waals surface area contributed by atoms with Crippen molar-refractivity contribution < 1.29 is 14.7 Å². The number of carboxylic acids is 1. The molecule has 3 rings (SSSR count). The van der Waals surface area contributed by atoms with Gasteiger partial charge in [-0.2, -0.15) is 0 Å². The molecule has 0 saturated heterocycles. The fraction of sp³-hybridized carbons (Fsp3) is 0.150. The summed E-state index contributed by atoms with van der Waals surface area (Å²) < 4.78 is 0.926. The van der Waals surface area contributed by atoms with E-state index in [1.54, 1.807) is 30.3 Å². The van der Waals surface area contributed by atoms with Crippen molar-refractivity contribution in [2.75, 3.05) is 5.75 Å². The summed E-state index contributed by atoms with van der Waals surface area (Å²) in [6.07, 6.45) is 0. The second-order valence-corrected chi connectivity index (χ2v) is 7.94. The highest BCUT2D eigenvalue weighted by atomic mass is 79.9. The number of rotatable bonds is 6. The lowest BCUT2D eigenvalue weighted by Gasteiger charge is -2.15. The molecule has 0 spiro atoms. The van der Waals surface area contributed by atoms with Gasteiger partial charge < -0.3 is 10.4 Å². The van der Waals surface area contributed by atoms with Crippen LogP contribution in [0.4, 0.5) is 0 Å². The summed E-state index contributed by atoms with van der Waals surface area (Å²) in [7, 11) is 0. The Labute approximate surface area is 169 Å². The number of aliphatic carboxylic acids is 1. The van der Waals surface area contributed by atoms with Crippen molar-refractivity contribution in [2.45, 2.75) is 17.9 Å². The number of carbonyl (C=O) groups excluding carboxylic acids is 1. The van der Waals surface area contributed by atoms with Crippen LogP contribution in [0.1, 0.15) is 16.1 Å². The van der Waals surface area contributed by atoms with Crippen LogP contribution in [0.2, 0.25) is 0 Å². The van der Waals surface area contributed by atoms with E-state index in [9.17, 15) is 14.7 Å². The Hall–Kier alpha value is -2.38. The van der Waals surface area contributed by atoms with E-state index in [2.05, 4.69) is 26.2 Å². The molecule has 2 N–H and O–H groups in total. The van der Waals surface area contributed by atoms with Crippen molar-refractivity contribution in [3.63, 3.8) is 0 Å². The van der Waals surface area contributed by atoms with Gasteiger partial charge in [0.15, 0.2) is 0 Å². The predicted molar refractivity (Wildman–Crippen MR) is 110 cm³/mol. The molecular formula is C20H17BrN2O3S. The molecule has 0 bridgehead atoms. The summed E-state index contributed by atoms with van der Waals surface area (Å²) in [6, 6.07) is 15.3. The molecule has 0 fully saturated rings. The molecule has 1 aromatic heterocycles. The number of nitrogens with one attached hydrogen (secondary N) is 1. The van der Waals surface area contributed by atoms with Crippen LogP contribution < -0.4 is 5.32 Å². The number of carboxylic acid groups (broad SMARTS) is 1. The summed E-state index contributed by atoms with van der Waals surface area (Å²) in [5.74, 6) is -1.26. The highest BCUT2D eigenvalue weighted by molar-refractivity contribution is 9.10. The topological polar surface area (TPSA) is 79.3 Å². The quantitative estimate of drug-likeness (QED) is 0.554. The van der Waals surface area contributed by atoms with Gasteiger partial charge in [0.05, 0.1) is 5.52 Å². The highest BCUT2D eigenvalue weighted by Crippen LogP contribution is 2.30. The molecule has 0 radical (unpaired) electrons. The van der Waals surface area contributed by atoms with Crippen molar-refractivity contribution >= 4 is 50.5 Å². The first-order valence-electron chi connectivity index (χ1n) is 8.22. The Balaban J connectivity index is 1.79. The van der Waals surface area contributed by atoms with E-state index < -0.39 is 17.9 Å². The minimum Gasteiger partial charge on any atom is -0.480 e. The number of halogens is 1. The molecule has 2 aromatic carbocycles. The van der Waals surface area contributed by atoms with Crippen LogP contribution in [0, 0.1) is 6.92 Å². The standard InChI is InChI=1S/C20H17BrN2O3S/c1-12-9-18(15-10-14(21)7-8-16(15)22-12)27-11-17(20(25)26)23-19(24)13-5-3-2-4-6-13/h2-10,17H,11H2,1H3,(H,23,24)(H,25,26)/t17-/m1/s1. The van der Waals surface area contributed by atoms with Gasteiger partial charge in [0.25, 0.3) is 5.91 Å². The monoisotopic (exact) mass is 444 g/mol. The Morgan fingerprint density at radius 3 is 2.63 bits per heavy atom. The van der Waals surface area contributed by atoms with Crippen LogP contribution in [-0.4, -0.2) is 33.8 Å². The van der Waals surface area contributed by atoms with Crippen LogP contribution in [0.15, 0.2) is 64.0 Å². The number of benzene rings is 2. The number of pyridine rings is 1. The minimum atomic E-state index is -1.07. The Kier molecular flexibility index (Phi) is 6.13. The lowest BCUT2D eigenvalue weighted by atomic mass is 10.2. The maximum absolute atomic E-state index is 12.3. The normalized spacial score (nSPS) is 11.9. The van der Waals surface area contributed by atoms with E-state index in [0.29, 0.717) is 5.56 Å². The molecule has 1 atom stereocenters. The fourth-order valence-corrected chi connectivity index (χ4v) is 4.10. The molecule has 1 heterocycles. The maximum atomic E-state index is 12.3. The second-order valence-electron chi connectivity index (χ2n) is 5.96.